The molecule has 0 aliphatic carbocycles. The summed E-state index contributed by atoms with van der Waals surface area (Å²) in [6, 6.07) is 1.95. The number of rotatable bonds is 6. The molecule has 17 heteroatoms. The van der Waals surface area contributed by atoms with Crippen LogP contribution in [0.5, 0.6) is 0 Å². The van der Waals surface area contributed by atoms with E-state index in [1.54, 1.807) is 18.0 Å². The van der Waals surface area contributed by atoms with Crippen LogP contribution in [0.2, 0.25) is 0 Å². The summed E-state index contributed by atoms with van der Waals surface area (Å²) in [6.07, 6.45) is 6.24. The molecule has 4 unspecified atom stereocenters. The van der Waals surface area contributed by atoms with Crippen LogP contribution in [0, 0.1) is 0 Å². The Hall–Kier alpha value is -2.28. The summed E-state index contributed by atoms with van der Waals surface area (Å²) in [5.74, 6) is 2.66. The molecule has 7 rings (SSSR count). The number of aromatic amines is 2. The van der Waals surface area contributed by atoms with Gasteiger partial charge in [-0.1, -0.05) is 5.21 Å². The van der Waals surface area contributed by atoms with Gasteiger partial charge in [-0.2, -0.15) is 32.4 Å². The SMILES string of the molecule is c1cc(C2CN(N3CCSCC3)C(c3cn[nH]n3)(N3CCOCC3)C(c3nn[nH]n3)(C3CCCCO3)S2)nnn1. The molecule has 15 nitrogen and oxygen atoms in total. The molecular weight excluding hydrogens is 554 g/mol. The molecule has 0 saturated carbocycles. The number of hydrazine groups is 1. The molecule has 0 amide bonds. The van der Waals surface area contributed by atoms with Gasteiger partial charge in [0.1, 0.15) is 10.4 Å². The summed E-state index contributed by atoms with van der Waals surface area (Å²) in [7, 11) is 0. The maximum Gasteiger partial charge on any atom is 0.196 e. The normalized spacial score (nSPS) is 33.2. The van der Waals surface area contributed by atoms with E-state index in [-0.39, 0.29) is 11.4 Å². The van der Waals surface area contributed by atoms with Crippen molar-refractivity contribution in [1.29, 1.82) is 0 Å². The third-order valence-corrected chi connectivity index (χ3v) is 11.0. The Morgan fingerprint density at radius 2 is 1.90 bits per heavy atom. The lowest BCUT2D eigenvalue weighted by Crippen LogP contribution is -2.78. The lowest BCUT2D eigenvalue weighted by molar-refractivity contribution is -0.242. The quantitative estimate of drug-likeness (QED) is 0.402. The molecule has 214 valence electrons. The standard InChI is InChI=1S/C23H33N13O2S2/c1-2-10-38-20(3-1)22(21-28-32-33-29-21)23(19-15-25-31-27-19,34-6-11-37-12-7-34)36(35-8-13-39-14-9-35)16-18(40-22)17-4-5-24-30-26-17/h4-5,15,18,20H,1-3,6-14,16H2,(H,25,27,31)(H,28,29,32,33). The van der Waals surface area contributed by atoms with Crippen LogP contribution in [0.3, 0.4) is 0 Å². The van der Waals surface area contributed by atoms with Gasteiger partial charge in [-0.25, -0.2) is 10.0 Å². The third kappa shape index (κ3) is 4.33. The lowest BCUT2D eigenvalue weighted by Gasteiger charge is -2.66. The van der Waals surface area contributed by atoms with E-state index in [1.807, 2.05) is 24.0 Å². The van der Waals surface area contributed by atoms with Crippen LogP contribution >= 0.6 is 23.5 Å². The van der Waals surface area contributed by atoms with Crippen molar-refractivity contribution < 1.29 is 9.47 Å². The number of aromatic nitrogens is 10. The van der Waals surface area contributed by atoms with Crippen molar-refractivity contribution in [1.82, 2.24) is 66.4 Å². The van der Waals surface area contributed by atoms with Crippen molar-refractivity contribution in [3.63, 3.8) is 0 Å². The van der Waals surface area contributed by atoms with Crippen LogP contribution in [0.1, 0.15) is 41.7 Å². The lowest BCUT2D eigenvalue weighted by atomic mass is 9.77. The van der Waals surface area contributed by atoms with E-state index in [2.05, 4.69) is 56.2 Å². The number of morpholine rings is 1. The smallest absolute Gasteiger partial charge is 0.196 e. The second kappa shape index (κ2) is 11.5. The Bertz CT molecular complexity index is 1210. The predicted molar refractivity (Wildman–Crippen MR) is 146 cm³/mol. The van der Waals surface area contributed by atoms with Crippen molar-refractivity contribution in [2.24, 2.45) is 0 Å². The first-order valence-electron chi connectivity index (χ1n) is 13.8. The highest BCUT2D eigenvalue weighted by atomic mass is 32.2. The fourth-order valence-corrected chi connectivity index (χ4v) is 9.52. The zero-order valence-corrected chi connectivity index (χ0v) is 23.8. The largest absolute Gasteiger partial charge is 0.379 e. The Balaban J connectivity index is 1.52. The van der Waals surface area contributed by atoms with E-state index in [0.717, 1.165) is 55.2 Å². The van der Waals surface area contributed by atoms with E-state index >= 15 is 0 Å². The van der Waals surface area contributed by atoms with Crippen LogP contribution in [0.25, 0.3) is 0 Å². The number of tetrazole rings is 1. The molecule has 0 bridgehead atoms. The van der Waals surface area contributed by atoms with E-state index in [4.69, 9.17) is 19.7 Å². The van der Waals surface area contributed by atoms with Gasteiger partial charge >= 0.3 is 0 Å². The van der Waals surface area contributed by atoms with Crippen LogP contribution < -0.4 is 0 Å². The fourth-order valence-electron chi connectivity index (χ4n) is 6.69. The molecule has 7 heterocycles. The van der Waals surface area contributed by atoms with E-state index in [0.29, 0.717) is 45.3 Å². The van der Waals surface area contributed by atoms with Crippen molar-refractivity contribution in [2.45, 2.75) is 41.0 Å². The maximum absolute atomic E-state index is 6.75. The first kappa shape index (κ1) is 26.6. The van der Waals surface area contributed by atoms with Gasteiger partial charge in [0.05, 0.1) is 42.7 Å². The van der Waals surface area contributed by atoms with Gasteiger partial charge in [0.25, 0.3) is 0 Å². The van der Waals surface area contributed by atoms with Gasteiger partial charge in [0, 0.05) is 50.8 Å². The first-order chi connectivity index (χ1) is 19.8. The number of hydrogen-bond donors (Lipinski definition) is 2. The number of thioether (sulfide) groups is 2. The van der Waals surface area contributed by atoms with Crippen LogP contribution in [-0.2, 0) is 19.9 Å². The number of hydrogen-bond acceptors (Lipinski definition) is 15. The second-order valence-corrected chi connectivity index (χ2v) is 12.9. The van der Waals surface area contributed by atoms with Crippen molar-refractivity contribution in [2.75, 3.05) is 64.1 Å². The summed E-state index contributed by atoms with van der Waals surface area (Å²) in [5, 5.41) is 45.9. The van der Waals surface area contributed by atoms with E-state index < -0.39 is 10.4 Å². The van der Waals surface area contributed by atoms with Gasteiger partial charge < -0.3 is 9.47 Å². The molecule has 3 aromatic heterocycles. The van der Waals surface area contributed by atoms with E-state index in [9.17, 15) is 0 Å². The van der Waals surface area contributed by atoms with Gasteiger partial charge in [0.2, 0.25) is 0 Å². The van der Waals surface area contributed by atoms with Crippen LogP contribution in [0.15, 0.2) is 18.5 Å². The minimum atomic E-state index is -0.868. The average molecular weight is 588 g/mol. The summed E-state index contributed by atoms with van der Waals surface area (Å²) in [6.45, 7) is 5.79. The number of ether oxygens (including phenoxy) is 2. The van der Waals surface area contributed by atoms with Crippen molar-refractivity contribution in [3.05, 3.63) is 35.7 Å². The molecule has 4 fully saturated rings. The monoisotopic (exact) mass is 587 g/mol. The summed E-state index contributed by atoms with van der Waals surface area (Å²) < 4.78 is 11.8. The zero-order chi connectivity index (χ0) is 26.8. The summed E-state index contributed by atoms with van der Waals surface area (Å²) >= 11 is 3.77. The molecular formula is C23H33N13O2S2. The van der Waals surface area contributed by atoms with Crippen LogP contribution in [-0.4, -0.2) is 137 Å². The van der Waals surface area contributed by atoms with Gasteiger partial charge in [0.15, 0.2) is 11.5 Å². The topological polar surface area (TPSA) is 163 Å². The zero-order valence-electron chi connectivity index (χ0n) is 22.1. The molecule has 0 spiro atoms. The first-order valence-corrected chi connectivity index (χ1v) is 15.8. The van der Waals surface area contributed by atoms with Gasteiger partial charge in [-0.3, -0.25) is 4.90 Å². The van der Waals surface area contributed by atoms with Crippen molar-refractivity contribution >= 4 is 23.5 Å². The Morgan fingerprint density at radius 1 is 1.00 bits per heavy atom. The summed E-state index contributed by atoms with van der Waals surface area (Å²) in [5.41, 5.74) is 0.799. The number of H-pyrrole nitrogens is 2. The molecule has 4 saturated heterocycles. The molecule has 4 aliphatic rings. The summed E-state index contributed by atoms with van der Waals surface area (Å²) in [4.78, 5) is 2.49. The second-order valence-electron chi connectivity index (χ2n) is 10.3. The van der Waals surface area contributed by atoms with Crippen molar-refractivity contribution in [3.8, 4) is 0 Å². The Labute approximate surface area is 239 Å². The highest BCUT2D eigenvalue weighted by Crippen LogP contribution is 2.65. The maximum atomic E-state index is 6.75. The Morgan fingerprint density at radius 3 is 2.60 bits per heavy atom. The number of nitrogens with zero attached hydrogens (tertiary/aromatic N) is 11. The fraction of sp³-hybridized carbons (Fsp3) is 0.739. The molecule has 4 atom stereocenters. The molecule has 3 aromatic rings. The minimum Gasteiger partial charge on any atom is -0.379 e. The van der Waals surface area contributed by atoms with Gasteiger partial charge in [-0.15, -0.1) is 32.2 Å². The molecule has 40 heavy (non-hydrogen) atoms. The highest BCUT2D eigenvalue weighted by Gasteiger charge is 2.72. The third-order valence-electron chi connectivity index (χ3n) is 8.29. The van der Waals surface area contributed by atoms with Gasteiger partial charge in [-0.05, 0) is 30.5 Å². The highest BCUT2D eigenvalue weighted by molar-refractivity contribution is 8.00. The average Bonchev–Trinajstić information content (AvgIpc) is 3.78. The predicted octanol–water partition coefficient (Wildman–Crippen LogP) is 0.206. The van der Waals surface area contributed by atoms with E-state index in [1.165, 1.54) is 0 Å². The van der Waals surface area contributed by atoms with Crippen LogP contribution in [0.4, 0.5) is 0 Å². The molecule has 2 N–H and O–H groups in total. The molecule has 4 aliphatic heterocycles. The number of nitrogens with one attached hydrogen (secondary N) is 2. The molecule has 0 radical (unpaired) electrons. The minimum absolute atomic E-state index is 0.0739. The molecule has 0 aromatic carbocycles. The Kier molecular flexibility index (Phi) is 7.68.